The molecular formula is C28H37FN2O3. The summed E-state index contributed by atoms with van der Waals surface area (Å²) in [5.74, 6) is -1.09. The van der Waals surface area contributed by atoms with Crippen molar-refractivity contribution in [1.29, 1.82) is 0 Å². The molecule has 0 saturated carbocycles. The number of carbonyl (C=O) groups is 2. The minimum Gasteiger partial charge on any atom is -0.463 e. The summed E-state index contributed by atoms with van der Waals surface area (Å²) in [5, 5.41) is 3.00. The molecule has 34 heavy (non-hydrogen) atoms. The van der Waals surface area contributed by atoms with Crippen molar-refractivity contribution >= 4 is 28.8 Å². The zero-order valence-electron chi connectivity index (χ0n) is 20.8. The summed E-state index contributed by atoms with van der Waals surface area (Å²) < 4.78 is 19.1. The highest BCUT2D eigenvalue weighted by Crippen LogP contribution is 2.31. The molecule has 0 aromatic heterocycles. The van der Waals surface area contributed by atoms with E-state index in [4.69, 9.17) is 4.74 Å². The number of allylic oxidation sites excluding steroid dienone is 1. The van der Waals surface area contributed by atoms with E-state index in [9.17, 15) is 14.0 Å². The monoisotopic (exact) mass is 468 g/mol. The van der Waals surface area contributed by atoms with Crippen molar-refractivity contribution in [1.82, 2.24) is 0 Å². The number of amides is 1. The van der Waals surface area contributed by atoms with Crippen molar-refractivity contribution in [3.05, 3.63) is 65.5 Å². The number of halogens is 1. The van der Waals surface area contributed by atoms with Gasteiger partial charge in [-0.15, -0.1) is 0 Å². The Morgan fingerprint density at radius 2 is 1.71 bits per heavy atom. The normalized spacial score (nSPS) is 11.3. The topological polar surface area (TPSA) is 58.6 Å². The molecule has 0 aliphatic heterocycles. The Balaban J connectivity index is 2.40. The summed E-state index contributed by atoms with van der Waals surface area (Å²) in [7, 11) is 0. The first-order valence-corrected chi connectivity index (χ1v) is 12.2. The summed E-state index contributed by atoms with van der Waals surface area (Å²) >= 11 is 0. The highest BCUT2D eigenvalue weighted by molar-refractivity contribution is 5.97. The number of carbonyl (C=O) groups excluding carboxylic acids is 2. The lowest BCUT2D eigenvalue weighted by atomic mass is 10.0. The van der Waals surface area contributed by atoms with Crippen molar-refractivity contribution in [3.8, 4) is 0 Å². The van der Waals surface area contributed by atoms with Crippen LogP contribution in [0.3, 0.4) is 0 Å². The molecule has 0 unspecified atom stereocenters. The van der Waals surface area contributed by atoms with E-state index in [2.05, 4.69) is 24.1 Å². The molecule has 2 aromatic rings. The number of hydrogen-bond donors (Lipinski definition) is 1. The maximum absolute atomic E-state index is 14.1. The van der Waals surface area contributed by atoms with E-state index in [0.717, 1.165) is 55.6 Å². The van der Waals surface area contributed by atoms with Crippen LogP contribution in [0, 0.1) is 5.82 Å². The van der Waals surface area contributed by atoms with Gasteiger partial charge in [-0.2, -0.15) is 0 Å². The van der Waals surface area contributed by atoms with E-state index in [0.29, 0.717) is 17.9 Å². The molecule has 0 aliphatic carbocycles. The van der Waals surface area contributed by atoms with Crippen LogP contribution in [0.5, 0.6) is 0 Å². The fourth-order valence-corrected chi connectivity index (χ4v) is 3.66. The van der Waals surface area contributed by atoms with Crippen LogP contribution >= 0.6 is 0 Å². The van der Waals surface area contributed by atoms with Gasteiger partial charge in [0.2, 0.25) is 5.91 Å². The van der Waals surface area contributed by atoms with Gasteiger partial charge >= 0.3 is 5.97 Å². The van der Waals surface area contributed by atoms with Crippen LogP contribution in [0.1, 0.15) is 64.5 Å². The maximum Gasteiger partial charge on any atom is 0.331 e. The van der Waals surface area contributed by atoms with E-state index in [1.807, 2.05) is 25.1 Å². The van der Waals surface area contributed by atoms with Crippen molar-refractivity contribution in [3.63, 3.8) is 0 Å². The molecule has 0 aliphatic rings. The van der Waals surface area contributed by atoms with Gasteiger partial charge in [0.25, 0.3) is 0 Å². The molecule has 2 rings (SSSR count). The average Bonchev–Trinajstić information content (AvgIpc) is 2.81. The second-order valence-corrected chi connectivity index (χ2v) is 8.32. The van der Waals surface area contributed by atoms with Gasteiger partial charge in [0, 0.05) is 19.2 Å². The Kier molecular flexibility index (Phi) is 11.3. The Bertz CT molecular complexity index is 979. The number of nitrogens with zero attached hydrogens (tertiary/aromatic N) is 1. The molecule has 0 atom stereocenters. The number of rotatable bonds is 13. The lowest BCUT2D eigenvalue weighted by molar-refractivity contribution is -0.137. The highest BCUT2D eigenvalue weighted by Gasteiger charge is 2.16. The number of anilines is 2. The molecule has 2 aromatic carbocycles. The second-order valence-electron chi connectivity index (χ2n) is 8.32. The van der Waals surface area contributed by atoms with Crippen molar-refractivity contribution in [2.24, 2.45) is 0 Å². The van der Waals surface area contributed by atoms with Gasteiger partial charge in [0.1, 0.15) is 5.82 Å². The zero-order valence-corrected chi connectivity index (χ0v) is 20.8. The minimum atomic E-state index is -0.401. The number of benzene rings is 2. The number of nitrogens with one attached hydrogen (secondary N) is 1. The predicted molar refractivity (Wildman–Crippen MR) is 137 cm³/mol. The summed E-state index contributed by atoms with van der Waals surface area (Å²) in [6.07, 6.45) is 5.60. The molecule has 0 radical (unpaired) electrons. The highest BCUT2D eigenvalue weighted by atomic mass is 19.1. The van der Waals surface area contributed by atoms with Crippen LogP contribution in [0.2, 0.25) is 0 Å². The number of esters is 1. The Morgan fingerprint density at radius 1 is 1.03 bits per heavy atom. The maximum atomic E-state index is 14.1. The molecule has 0 saturated heterocycles. The third-order valence-electron chi connectivity index (χ3n) is 5.56. The van der Waals surface area contributed by atoms with Crippen molar-refractivity contribution in [2.45, 2.75) is 59.8 Å². The molecule has 0 fully saturated rings. The number of unbranched alkanes of at least 4 members (excludes halogenated alkanes) is 2. The van der Waals surface area contributed by atoms with Crippen LogP contribution in [-0.2, 0) is 20.7 Å². The molecule has 1 N–H and O–H groups in total. The summed E-state index contributed by atoms with van der Waals surface area (Å²) in [6, 6.07) is 12.1. The lowest BCUT2D eigenvalue weighted by Gasteiger charge is -2.28. The third-order valence-corrected chi connectivity index (χ3v) is 5.56. The fourth-order valence-electron chi connectivity index (χ4n) is 3.66. The van der Waals surface area contributed by atoms with Gasteiger partial charge in [-0.25, -0.2) is 9.18 Å². The van der Waals surface area contributed by atoms with Crippen molar-refractivity contribution in [2.75, 3.05) is 29.9 Å². The van der Waals surface area contributed by atoms with Crippen LogP contribution < -0.4 is 10.2 Å². The van der Waals surface area contributed by atoms with Gasteiger partial charge in [0.05, 0.1) is 24.4 Å². The fraction of sp³-hybridized carbons (Fsp3) is 0.429. The quantitative estimate of drug-likeness (QED) is 0.274. The number of hydrogen-bond acceptors (Lipinski definition) is 4. The third kappa shape index (κ3) is 8.32. The summed E-state index contributed by atoms with van der Waals surface area (Å²) in [4.78, 5) is 27.1. The molecule has 0 spiro atoms. The van der Waals surface area contributed by atoms with E-state index < -0.39 is 11.8 Å². The van der Waals surface area contributed by atoms with E-state index in [-0.39, 0.29) is 12.3 Å². The summed E-state index contributed by atoms with van der Waals surface area (Å²) in [6.45, 7) is 9.97. The van der Waals surface area contributed by atoms with E-state index >= 15 is 0 Å². The molecular weight excluding hydrogens is 431 g/mol. The number of ether oxygens (including phenoxy) is 1. The van der Waals surface area contributed by atoms with Gasteiger partial charge in [-0.05, 0) is 61.6 Å². The van der Waals surface area contributed by atoms with Gasteiger partial charge in [0.15, 0.2) is 0 Å². The van der Waals surface area contributed by atoms with E-state index in [1.54, 1.807) is 25.1 Å². The summed E-state index contributed by atoms with van der Waals surface area (Å²) in [5.41, 5.74) is 3.48. The zero-order chi connectivity index (χ0) is 24.9. The SMILES string of the molecule is CCCCN(CCCC)c1ccc(/C(C)=C/C(=O)OCC)cc1NC(=O)Cc1ccccc1F. The van der Waals surface area contributed by atoms with Crippen LogP contribution in [0.4, 0.5) is 15.8 Å². The molecule has 5 nitrogen and oxygen atoms in total. The van der Waals surface area contributed by atoms with Crippen molar-refractivity contribution < 1.29 is 18.7 Å². The second kappa shape index (κ2) is 14.2. The first kappa shape index (κ1) is 27.1. The lowest BCUT2D eigenvalue weighted by Crippen LogP contribution is -2.27. The van der Waals surface area contributed by atoms with E-state index in [1.165, 1.54) is 12.1 Å². The Morgan fingerprint density at radius 3 is 2.32 bits per heavy atom. The molecule has 6 heteroatoms. The average molecular weight is 469 g/mol. The first-order chi connectivity index (χ1) is 16.4. The minimum absolute atomic E-state index is 0.0576. The molecule has 184 valence electrons. The smallest absolute Gasteiger partial charge is 0.331 e. The van der Waals surface area contributed by atoms with Gasteiger partial charge in [-0.3, -0.25) is 4.79 Å². The first-order valence-electron chi connectivity index (χ1n) is 12.2. The molecule has 0 bridgehead atoms. The van der Waals surface area contributed by atoms with Crippen LogP contribution in [-0.4, -0.2) is 31.6 Å². The molecule has 0 heterocycles. The van der Waals surface area contributed by atoms with Gasteiger partial charge < -0.3 is 15.0 Å². The Hall–Kier alpha value is -3.15. The Labute approximate surface area is 203 Å². The molecule has 1 amide bonds. The van der Waals surface area contributed by atoms with Gasteiger partial charge in [-0.1, -0.05) is 51.0 Å². The largest absolute Gasteiger partial charge is 0.463 e. The van der Waals surface area contributed by atoms with Crippen LogP contribution in [0.15, 0.2) is 48.5 Å². The predicted octanol–water partition coefficient (Wildman–Crippen LogP) is 6.38. The standard InChI is InChI=1S/C28H37FN2O3/c1-5-8-16-31(17-9-6-2)26-15-14-22(21(4)18-28(33)34-7-3)19-25(26)30-27(32)20-23-12-10-11-13-24(23)29/h10-15,18-19H,5-9,16-17,20H2,1-4H3,(H,30,32)/b21-18+. The van der Waals surface area contributed by atoms with Crippen LogP contribution in [0.25, 0.3) is 5.57 Å².